The minimum absolute atomic E-state index is 0.0436. The van der Waals surface area contributed by atoms with Gasteiger partial charge in [-0.25, -0.2) is 0 Å². The van der Waals surface area contributed by atoms with Gasteiger partial charge in [-0.15, -0.1) is 0 Å². The molecule has 2 N–H and O–H groups in total. The number of thioether (sulfide) groups is 1. The molecule has 0 atom stereocenters. The fourth-order valence-corrected chi connectivity index (χ4v) is 5.41. The minimum atomic E-state index is -0.727. The summed E-state index contributed by atoms with van der Waals surface area (Å²) in [5.74, 6) is 2.48. The van der Waals surface area contributed by atoms with Gasteiger partial charge in [0.05, 0.1) is 12.0 Å². The Hall–Kier alpha value is -0.260. The molecule has 0 spiro atoms. The molecular weight excluding hydrogens is 296 g/mol. The maximum absolute atomic E-state index is 12.3. The monoisotopic (exact) mass is 326 g/mol. The van der Waals surface area contributed by atoms with Crippen molar-refractivity contribution in [3.05, 3.63) is 0 Å². The quantitative estimate of drug-likeness (QED) is 0.813. The molecule has 126 valence electrons. The van der Waals surface area contributed by atoms with Gasteiger partial charge >= 0.3 is 0 Å². The largest absolute Gasteiger partial charge is 0.389 e. The zero-order valence-electron chi connectivity index (χ0n) is 13.6. The van der Waals surface area contributed by atoms with Crippen LogP contribution in [0, 0.1) is 0 Å². The van der Waals surface area contributed by atoms with Crippen LogP contribution in [0.2, 0.25) is 0 Å². The molecule has 0 unspecified atom stereocenters. The van der Waals surface area contributed by atoms with Crippen LogP contribution in [-0.2, 0) is 4.79 Å². The number of carbonyl (C=O) groups is 1. The van der Waals surface area contributed by atoms with Crippen molar-refractivity contribution in [3.8, 4) is 0 Å². The van der Waals surface area contributed by atoms with Crippen molar-refractivity contribution >= 4 is 17.7 Å². The van der Waals surface area contributed by atoms with Gasteiger partial charge in [0.1, 0.15) is 0 Å². The molecule has 2 aliphatic carbocycles. The summed E-state index contributed by atoms with van der Waals surface area (Å²) >= 11 is 2.04. The second-order valence-electron chi connectivity index (χ2n) is 7.42. The highest BCUT2D eigenvalue weighted by molar-refractivity contribution is 7.99. The van der Waals surface area contributed by atoms with Crippen molar-refractivity contribution in [1.82, 2.24) is 10.2 Å². The lowest BCUT2D eigenvalue weighted by Crippen LogP contribution is -2.56. The van der Waals surface area contributed by atoms with Crippen molar-refractivity contribution in [1.29, 1.82) is 0 Å². The van der Waals surface area contributed by atoms with Crippen molar-refractivity contribution in [3.63, 3.8) is 0 Å². The van der Waals surface area contributed by atoms with E-state index in [1.165, 1.54) is 37.2 Å². The van der Waals surface area contributed by atoms with Crippen molar-refractivity contribution < 1.29 is 9.90 Å². The summed E-state index contributed by atoms with van der Waals surface area (Å²) in [5.41, 5.74) is -0.538. The number of rotatable bonds is 5. The molecular formula is C17H30N2O2S. The first-order valence-electron chi connectivity index (χ1n) is 8.94. The standard InChI is InChI=1S/C17H30N2O2S/c20-15(13-17(21)7-3-4-8-17)18-14-16(5-1-2-6-16)19-9-11-22-12-10-19/h21H,1-14H2,(H,18,20). The number of aliphatic hydroxyl groups is 1. The maximum atomic E-state index is 12.3. The lowest BCUT2D eigenvalue weighted by atomic mass is 9.93. The summed E-state index contributed by atoms with van der Waals surface area (Å²) < 4.78 is 0. The van der Waals surface area contributed by atoms with E-state index in [1.807, 2.05) is 11.8 Å². The molecule has 1 amide bonds. The second kappa shape index (κ2) is 7.10. The Morgan fingerprint density at radius 3 is 2.27 bits per heavy atom. The Labute approximate surface area is 138 Å². The average molecular weight is 327 g/mol. The first-order valence-corrected chi connectivity index (χ1v) is 10.1. The third-order valence-corrected chi connectivity index (χ3v) is 6.80. The van der Waals surface area contributed by atoms with Crippen molar-refractivity contribution in [2.75, 3.05) is 31.1 Å². The predicted octanol–water partition coefficient (Wildman–Crippen LogP) is 2.16. The van der Waals surface area contributed by atoms with E-state index in [4.69, 9.17) is 0 Å². The fraction of sp³-hybridized carbons (Fsp3) is 0.941. The van der Waals surface area contributed by atoms with E-state index in [1.54, 1.807) is 0 Å². The van der Waals surface area contributed by atoms with Crippen molar-refractivity contribution in [2.24, 2.45) is 0 Å². The molecule has 1 heterocycles. The number of carbonyl (C=O) groups excluding carboxylic acids is 1. The Morgan fingerprint density at radius 1 is 1.05 bits per heavy atom. The van der Waals surface area contributed by atoms with Gasteiger partial charge in [0.15, 0.2) is 0 Å². The molecule has 2 saturated carbocycles. The van der Waals surface area contributed by atoms with Crippen molar-refractivity contribution in [2.45, 2.75) is 68.9 Å². The van der Waals surface area contributed by atoms with Gasteiger partial charge in [0.25, 0.3) is 0 Å². The van der Waals surface area contributed by atoms with Crippen LogP contribution in [0.4, 0.5) is 0 Å². The summed E-state index contributed by atoms with van der Waals surface area (Å²) in [6, 6.07) is 0. The third kappa shape index (κ3) is 3.80. The zero-order chi connectivity index (χ0) is 15.5. The summed E-state index contributed by atoms with van der Waals surface area (Å²) in [7, 11) is 0. The average Bonchev–Trinajstić information content (AvgIpc) is 3.16. The van der Waals surface area contributed by atoms with Crippen LogP contribution in [0.3, 0.4) is 0 Å². The van der Waals surface area contributed by atoms with Crippen LogP contribution in [-0.4, -0.2) is 58.2 Å². The van der Waals surface area contributed by atoms with Gasteiger partial charge in [-0.2, -0.15) is 11.8 Å². The molecule has 3 aliphatic rings. The van der Waals surface area contributed by atoms with E-state index >= 15 is 0 Å². The molecule has 22 heavy (non-hydrogen) atoms. The summed E-state index contributed by atoms with van der Waals surface area (Å²) in [4.78, 5) is 14.9. The molecule has 0 aromatic carbocycles. The number of amides is 1. The topological polar surface area (TPSA) is 52.6 Å². The van der Waals surface area contributed by atoms with Gasteiger partial charge in [0.2, 0.25) is 5.91 Å². The Bertz CT molecular complexity index is 384. The van der Waals surface area contributed by atoms with Crippen LogP contribution in [0.15, 0.2) is 0 Å². The summed E-state index contributed by atoms with van der Waals surface area (Å²) in [6.45, 7) is 3.08. The lowest BCUT2D eigenvalue weighted by Gasteiger charge is -2.43. The van der Waals surface area contributed by atoms with Crippen LogP contribution in [0.5, 0.6) is 0 Å². The van der Waals surface area contributed by atoms with Gasteiger partial charge in [-0.3, -0.25) is 9.69 Å². The zero-order valence-corrected chi connectivity index (χ0v) is 14.4. The van der Waals surface area contributed by atoms with E-state index < -0.39 is 5.60 Å². The normalized spacial score (nSPS) is 27.9. The van der Waals surface area contributed by atoms with Gasteiger partial charge < -0.3 is 10.4 Å². The van der Waals surface area contributed by atoms with Crippen LogP contribution in [0.1, 0.15) is 57.8 Å². The Morgan fingerprint density at radius 2 is 1.64 bits per heavy atom. The highest BCUT2D eigenvalue weighted by atomic mass is 32.2. The van der Waals surface area contributed by atoms with E-state index in [2.05, 4.69) is 10.2 Å². The summed E-state index contributed by atoms with van der Waals surface area (Å²) in [6.07, 6.45) is 8.96. The number of nitrogens with one attached hydrogen (secondary N) is 1. The van der Waals surface area contributed by atoms with Gasteiger partial charge in [-0.1, -0.05) is 25.7 Å². The molecule has 0 aromatic rings. The number of hydrogen-bond acceptors (Lipinski definition) is 4. The third-order valence-electron chi connectivity index (χ3n) is 5.85. The van der Waals surface area contributed by atoms with Crippen LogP contribution in [0.25, 0.3) is 0 Å². The van der Waals surface area contributed by atoms with Crippen LogP contribution >= 0.6 is 11.8 Å². The molecule has 0 aromatic heterocycles. The highest BCUT2D eigenvalue weighted by Gasteiger charge is 2.41. The van der Waals surface area contributed by atoms with E-state index in [0.717, 1.165) is 45.3 Å². The molecule has 3 fully saturated rings. The molecule has 0 radical (unpaired) electrons. The first kappa shape index (κ1) is 16.6. The molecule has 0 bridgehead atoms. The number of nitrogens with zero attached hydrogens (tertiary/aromatic N) is 1. The van der Waals surface area contributed by atoms with Crippen LogP contribution < -0.4 is 5.32 Å². The molecule has 4 nitrogen and oxygen atoms in total. The van der Waals surface area contributed by atoms with Gasteiger partial charge in [-0.05, 0) is 25.7 Å². The van der Waals surface area contributed by atoms with E-state index in [9.17, 15) is 9.90 Å². The Kier molecular flexibility index (Phi) is 5.35. The predicted molar refractivity (Wildman–Crippen MR) is 91.1 cm³/mol. The molecule has 3 rings (SSSR count). The number of hydrogen-bond donors (Lipinski definition) is 2. The lowest BCUT2D eigenvalue weighted by molar-refractivity contribution is -0.126. The Balaban J connectivity index is 1.54. The smallest absolute Gasteiger partial charge is 0.222 e. The first-order chi connectivity index (χ1) is 10.6. The van der Waals surface area contributed by atoms with E-state index in [-0.39, 0.29) is 11.4 Å². The SMILES string of the molecule is O=C(CC1(O)CCCC1)NCC1(N2CCSCC2)CCCC1. The van der Waals surface area contributed by atoms with Gasteiger partial charge in [0, 0.05) is 36.7 Å². The summed E-state index contributed by atoms with van der Waals surface area (Å²) in [5, 5.41) is 13.6. The highest BCUT2D eigenvalue weighted by Crippen LogP contribution is 2.36. The fourth-order valence-electron chi connectivity index (χ4n) is 4.51. The van der Waals surface area contributed by atoms with E-state index in [0.29, 0.717) is 6.42 Å². The maximum Gasteiger partial charge on any atom is 0.222 e. The molecule has 5 heteroatoms. The molecule has 1 saturated heterocycles. The second-order valence-corrected chi connectivity index (χ2v) is 8.64. The minimum Gasteiger partial charge on any atom is -0.389 e. The molecule has 1 aliphatic heterocycles.